The second-order valence-corrected chi connectivity index (χ2v) is 10.3. The van der Waals surface area contributed by atoms with E-state index in [1.165, 1.54) is 47.6 Å². The average molecular weight is 525 g/mol. The third-order valence-electron chi connectivity index (χ3n) is 5.27. The number of anilines is 1. The van der Waals surface area contributed by atoms with Gasteiger partial charge in [0.05, 0.1) is 11.8 Å². The standard InChI is InChI=1S/C24H33FN4O4S2/c1-6-17-15-18(7-2)23(29(35(5,31)32)14-8-13-28-34-4)27-16-33-22(21(17)24(30)26-3)19-9-11-20(25)12-10-19/h9-12,15-16,28H,6-8,13-14H2,1-5H3,(H,26,30). The molecule has 11 heteroatoms. The van der Waals surface area contributed by atoms with Gasteiger partial charge in [-0.15, -0.1) is 0 Å². The van der Waals surface area contributed by atoms with Crippen LogP contribution in [0.1, 0.15) is 41.8 Å². The minimum absolute atomic E-state index is 0.202. The van der Waals surface area contributed by atoms with Gasteiger partial charge in [0, 0.05) is 25.7 Å². The van der Waals surface area contributed by atoms with Gasteiger partial charge in [0.25, 0.3) is 5.91 Å². The molecule has 2 N–H and O–H groups in total. The summed E-state index contributed by atoms with van der Waals surface area (Å²) in [7, 11) is -2.14. The van der Waals surface area contributed by atoms with E-state index in [0.717, 1.165) is 12.6 Å². The van der Waals surface area contributed by atoms with Crippen LogP contribution in [0.2, 0.25) is 0 Å². The van der Waals surface area contributed by atoms with Crippen molar-refractivity contribution >= 4 is 33.7 Å². The number of benzene rings is 1. The third kappa shape index (κ3) is 7.68. The normalized spacial score (nSPS) is 11.1. The molecule has 1 heterocycles. The zero-order chi connectivity index (χ0) is 26.0. The number of aromatic nitrogens is 1. The first-order valence-corrected chi connectivity index (χ1v) is 14.3. The second-order valence-electron chi connectivity index (χ2n) is 7.66. The molecule has 0 unspecified atom stereocenters. The number of carbonyl (C=O) groups excluding carboxylic acids is 1. The maximum atomic E-state index is 13.6. The van der Waals surface area contributed by atoms with Crippen molar-refractivity contribution in [1.29, 1.82) is 0 Å². The highest BCUT2D eigenvalue weighted by atomic mass is 32.2. The Hall–Kier alpha value is -2.63. The quantitative estimate of drug-likeness (QED) is 0.337. The molecular formula is C24H33FN4O4S2. The first-order valence-electron chi connectivity index (χ1n) is 11.3. The third-order valence-corrected chi connectivity index (χ3v) is 6.92. The van der Waals surface area contributed by atoms with Gasteiger partial charge in [-0.1, -0.05) is 31.9 Å². The predicted molar refractivity (Wildman–Crippen MR) is 140 cm³/mol. The van der Waals surface area contributed by atoms with Gasteiger partial charge < -0.3 is 9.73 Å². The van der Waals surface area contributed by atoms with Crippen LogP contribution in [0.5, 0.6) is 0 Å². The monoisotopic (exact) mass is 524 g/mol. The van der Waals surface area contributed by atoms with Crippen molar-refractivity contribution in [3.63, 3.8) is 0 Å². The van der Waals surface area contributed by atoms with Crippen LogP contribution in [0.25, 0.3) is 11.3 Å². The number of halogens is 1. The Labute approximate surface area is 211 Å². The first-order chi connectivity index (χ1) is 16.7. The van der Waals surface area contributed by atoms with Crippen LogP contribution in [0.3, 0.4) is 0 Å². The maximum absolute atomic E-state index is 13.6. The number of hydrogen-bond donors (Lipinski definition) is 2. The van der Waals surface area contributed by atoms with Gasteiger partial charge >= 0.3 is 0 Å². The van der Waals surface area contributed by atoms with Gasteiger partial charge in [0.2, 0.25) is 10.0 Å². The molecule has 0 saturated heterocycles. The average Bonchev–Trinajstić information content (AvgIpc) is 2.90. The number of nitrogens with zero attached hydrogens (tertiary/aromatic N) is 2. The first kappa shape index (κ1) is 28.6. The van der Waals surface area contributed by atoms with Crippen molar-refractivity contribution in [2.45, 2.75) is 33.1 Å². The van der Waals surface area contributed by atoms with Crippen molar-refractivity contribution in [2.75, 3.05) is 37.0 Å². The van der Waals surface area contributed by atoms with Crippen molar-refractivity contribution in [3.8, 4) is 11.3 Å². The molecule has 0 radical (unpaired) electrons. The predicted octanol–water partition coefficient (Wildman–Crippen LogP) is 4.11. The van der Waals surface area contributed by atoms with E-state index in [9.17, 15) is 17.6 Å². The zero-order valence-electron chi connectivity index (χ0n) is 20.7. The minimum Gasteiger partial charge on any atom is -0.444 e. The highest BCUT2D eigenvalue weighted by molar-refractivity contribution is 7.96. The van der Waals surface area contributed by atoms with Crippen molar-refractivity contribution in [1.82, 2.24) is 15.0 Å². The summed E-state index contributed by atoms with van der Waals surface area (Å²) in [6, 6.07) is 7.39. The smallest absolute Gasteiger partial charge is 0.255 e. The molecule has 0 atom stereocenters. The fourth-order valence-corrected chi connectivity index (χ4v) is 4.83. The lowest BCUT2D eigenvalue weighted by atomic mass is 9.99. The molecule has 1 aromatic heterocycles. The summed E-state index contributed by atoms with van der Waals surface area (Å²) in [4.78, 5) is 17.4. The van der Waals surface area contributed by atoms with Gasteiger partial charge in [0.15, 0.2) is 6.39 Å². The lowest BCUT2D eigenvalue weighted by molar-refractivity contribution is 0.0961. The minimum atomic E-state index is -3.66. The van der Waals surface area contributed by atoms with Gasteiger partial charge in [0.1, 0.15) is 17.4 Å². The molecule has 0 fully saturated rings. The Morgan fingerprint density at radius 2 is 1.83 bits per heavy atom. The van der Waals surface area contributed by atoms with E-state index in [1.807, 2.05) is 20.1 Å². The molecule has 0 aliphatic heterocycles. The van der Waals surface area contributed by atoms with Crippen molar-refractivity contribution in [2.24, 2.45) is 0 Å². The van der Waals surface area contributed by atoms with Crippen molar-refractivity contribution < 1.29 is 22.0 Å². The van der Waals surface area contributed by atoms with Gasteiger partial charge in [-0.3, -0.25) is 13.8 Å². The molecular weight excluding hydrogens is 491 g/mol. The van der Waals surface area contributed by atoms with E-state index in [-0.39, 0.29) is 29.6 Å². The molecule has 0 spiro atoms. The van der Waals surface area contributed by atoms with E-state index >= 15 is 0 Å². The fraction of sp³-hybridized carbons (Fsp3) is 0.417. The van der Waals surface area contributed by atoms with Gasteiger partial charge in [-0.25, -0.2) is 17.8 Å². The van der Waals surface area contributed by atoms with Crippen LogP contribution < -0.4 is 14.3 Å². The SMILES string of the molecule is CCc1cc(CC)c(C(=O)NC)c(-c2ccc(F)cc2)ocnc1N(CCCNSC)S(C)(=O)=O. The Bertz CT molecular complexity index is 1170. The fourth-order valence-electron chi connectivity index (χ4n) is 3.54. The highest BCUT2D eigenvalue weighted by Gasteiger charge is 2.23. The summed E-state index contributed by atoms with van der Waals surface area (Å²) < 4.78 is 49.3. The van der Waals surface area contributed by atoms with Crippen molar-refractivity contribution in [3.05, 3.63) is 59.2 Å². The van der Waals surface area contributed by atoms with Gasteiger partial charge in [-0.2, -0.15) is 0 Å². The molecule has 0 saturated carbocycles. The Morgan fingerprint density at radius 3 is 2.37 bits per heavy atom. The second kappa shape index (κ2) is 13.5. The summed E-state index contributed by atoms with van der Waals surface area (Å²) in [5.41, 5.74) is 2.04. The Balaban J connectivity index is 2.88. The van der Waals surface area contributed by atoms with Gasteiger partial charge in [-0.05, 0) is 60.9 Å². The van der Waals surface area contributed by atoms with Crippen LogP contribution in [0.15, 0.2) is 41.1 Å². The number of amides is 1. The Kier molecular flexibility index (Phi) is 11.0. The molecule has 35 heavy (non-hydrogen) atoms. The maximum Gasteiger partial charge on any atom is 0.255 e. The van der Waals surface area contributed by atoms with Crippen LogP contribution in [0, 0.1) is 5.82 Å². The Morgan fingerprint density at radius 1 is 1.17 bits per heavy atom. The molecule has 2 rings (SSSR count). The molecule has 0 aliphatic rings. The van der Waals surface area contributed by atoms with E-state index in [1.54, 1.807) is 6.07 Å². The summed E-state index contributed by atoms with van der Waals surface area (Å²) in [5, 5.41) is 2.64. The zero-order valence-corrected chi connectivity index (χ0v) is 22.4. The largest absolute Gasteiger partial charge is 0.444 e. The molecule has 0 aliphatic carbocycles. The summed E-state index contributed by atoms with van der Waals surface area (Å²) in [6.45, 7) is 4.63. The van der Waals surface area contributed by atoms with Crippen LogP contribution in [0.4, 0.5) is 10.2 Å². The van der Waals surface area contributed by atoms with E-state index in [4.69, 9.17) is 4.42 Å². The molecule has 1 aromatic carbocycles. The molecule has 0 bridgehead atoms. The number of rotatable bonds is 11. The molecule has 2 aromatic rings. The van der Waals surface area contributed by atoms with E-state index < -0.39 is 15.8 Å². The summed E-state index contributed by atoms with van der Waals surface area (Å²) in [5.74, 6) is -0.363. The molecule has 1 amide bonds. The van der Waals surface area contributed by atoms with E-state index in [0.29, 0.717) is 42.5 Å². The van der Waals surface area contributed by atoms with E-state index in [2.05, 4.69) is 15.0 Å². The number of aryl methyl sites for hydroxylation is 2. The number of sulfonamides is 1. The number of hydrogen-bond acceptors (Lipinski definition) is 7. The highest BCUT2D eigenvalue weighted by Crippen LogP contribution is 2.28. The van der Waals surface area contributed by atoms with Crippen LogP contribution >= 0.6 is 11.9 Å². The molecule has 192 valence electrons. The summed E-state index contributed by atoms with van der Waals surface area (Å²) in [6.07, 6.45) is 5.68. The van der Waals surface area contributed by atoms with Crippen LogP contribution in [-0.2, 0) is 22.9 Å². The van der Waals surface area contributed by atoms with Crippen LogP contribution in [-0.4, -0.2) is 52.0 Å². The number of carbonyl (C=O) groups is 1. The number of nitrogens with one attached hydrogen (secondary N) is 2. The topological polar surface area (TPSA) is 105 Å². The lowest BCUT2D eigenvalue weighted by Crippen LogP contribution is -2.33. The molecule has 8 nitrogen and oxygen atoms in total. The lowest BCUT2D eigenvalue weighted by Gasteiger charge is -2.22. The summed E-state index contributed by atoms with van der Waals surface area (Å²) >= 11 is 1.46.